The number of halogens is 3. The smallest absolute Gasteiger partial charge is 0.148 e. The molecule has 302 valence electrons. The fourth-order valence-corrected chi connectivity index (χ4v) is 8.80. The zero-order chi connectivity index (χ0) is 40.2. The highest BCUT2D eigenvalue weighted by Gasteiger charge is 2.36. The van der Waals surface area contributed by atoms with E-state index in [2.05, 4.69) is 61.2 Å². The first kappa shape index (κ1) is 40.1. The van der Waals surface area contributed by atoms with Crippen molar-refractivity contribution >= 4 is 56.6 Å². The molecule has 0 amide bonds. The van der Waals surface area contributed by atoms with Gasteiger partial charge in [-0.15, -0.1) is 0 Å². The van der Waals surface area contributed by atoms with E-state index in [9.17, 15) is 4.39 Å². The Hall–Kier alpha value is -4.74. The monoisotopic (exact) mass is 821 g/mol. The second kappa shape index (κ2) is 18.0. The lowest BCUT2D eigenvalue weighted by molar-refractivity contribution is 0.183. The minimum absolute atomic E-state index is 0.131. The second-order valence-electron chi connectivity index (χ2n) is 15.2. The summed E-state index contributed by atoms with van der Waals surface area (Å²) in [5, 5.41) is 7.93. The molecule has 0 N–H and O–H groups in total. The number of fused-ring (bicyclic) bond motifs is 2. The first-order chi connectivity index (χ1) is 28.3. The van der Waals surface area contributed by atoms with Crippen LogP contribution < -0.4 is 19.5 Å². The van der Waals surface area contributed by atoms with Gasteiger partial charge in [0.05, 0.1) is 46.4 Å². The van der Waals surface area contributed by atoms with Crippen LogP contribution in [-0.4, -0.2) is 76.2 Å². The molecule has 2 aliphatic rings. The lowest BCUT2D eigenvalue weighted by Crippen LogP contribution is -2.59. The van der Waals surface area contributed by atoms with Crippen LogP contribution in [-0.2, 0) is 13.1 Å². The van der Waals surface area contributed by atoms with Crippen LogP contribution in [0.5, 0.6) is 11.5 Å². The molecule has 3 aromatic carbocycles. The van der Waals surface area contributed by atoms with Crippen molar-refractivity contribution in [2.24, 2.45) is 0 Å². The highest BCUT2D eigenvalue weighted by atomic mass is 35.5. The van der Waals surface area contributed by atoms with Gasteiger partial charge >= 0.3 is 0 Å². The van der Waals surface area contributed by atoms with E-state index in [-0.39, 0.29) is 17.9 Å². The van der Waals surface area contributed by atoms with Crippen LogP contribution in [0.25, 0.3) is 21.8 Å². The Bertz CT molecular complexity index is 2370. The summed E-state index contributed by atoms with van der Waals surface area (Å²) in [4.78, 5) is 20.1. The Labute approximate surface area is 350 Å². The Morgan fingerprint density at radius 1 is 0.655 bits per heavy atom. The molecule has 12 heteroatoms. The molecule has 3 aromatic heterocycles. The minimum atomic E-state index is -0.272. The Kier molecular flexibility index (Phi) is 12.5. The Morgan fingerprint density at radius 3 is 1.74 bits per heavy atom. The van der Waals surface area contributed by atoms with Gasteiger partial charge in [0.25, 0.3) is 0 Å². The number of ether oxygens (including phenoxy) is 2. The SMILES string of the molecule is CCOc1cc(CN2CCC(N(c3ccc4cc(F)ccc4n3)N(c3ccc4c(C)nccc4n3)C3CCN(Cc4ccc(Cl)c(OCC)c4)CC3)CC2)ccc1Cl. The van der Waals surface area contributed by atoms with Crippen molar-refractivity contribution in [1.82, 2.24) is 24.8 Å². The number of anilines is 2. The third-order valence-electron chi connectivity index (χ3n) is 11.3. The molecule has 6 aromatic rings. The summed E-state index contributed by atoms with van der Waals surface area (Å²) in [6.07, 6.45) is 5.52. The molecule has 0 unspecified atom stereocenters. The van der Waals surface area contributed by atoms with Gasteiger partial charge in [-0.1, -0.05) is 35.3 Å². The molecule has 0 saturated carbocycles. The summed E-state index contributed by atoms with van der Waals surface area (Å²) in [6.45, 7) is 12.4. The molecule has 0 radical (unpaired) electrons. The Morgan fingerprint density at radius 2 is 1.19 bits per heavy atom. The van der Waals surface area contributed by atoms with Crippen molar-refractivity contribution in [1.29, 1.82) is 0 Å². The van der Waals surface area contributed by atoms with E-state index in [1.165, 1.54) is 17.2 Å². The zero-order valence-electron chi connectivity index (χ0n) is 33.4. The maximum Gasteiger partial charge on any atom is 0.148 e. The molecule has 2 saturated heterocycles. The molecule has 8 rings (SSSR count). The largest absolute Gasteiger partial charge is 0.492 e. The van der Waals surface area contributed by atoms with Crippen LogP contribution in [0.3, 0.4) is 0 Å². The number of hydrazine groups is 1. The fourth-order valence-electron chi connectivity index (χ4n) is 8.46. The summed E-state index contributed by atoms with van der Waals surface area (Å²) >= 11 is 12.9. The zero-order valence-corrected chi connectivity index (χ0v) is 34.9. The van der Waals surface area contributed by atoms with Crippen LogP contribution in [0.1, 0.15) is 56.4 Å². The molecule has 0 aliphatic carbocycles. The lowest BCUT2D eigenvalue weighted by atomic mass is 10.0. The van der Waals surface area contributed by atoms with E-state index in [0.29, 0.717) is 23.3 Å². The minimum Gasteiger partial charge on any atom is -0.492 e. The second-order valence-corrected chi connectivity index (χ2v) is 16.1. The van der Waals surface area contributed by atoms with E-state index in [0.717, 1.165) is 116 Å². The van der Waals surface area contributed by atoms with Crippen LogP contribution in [0.2, 0.25) is 10.0 Å². The molecule has 58 heavy (non-hydrogen) atoms. The van der Waals surface area contributed by atoms with Gasteiger partial charge in [-0.2, -0.15) is 0 Å². The molecule has 2 aliphatic heterocycles. The quantitative estimate of drug-likeness (QED) is 0.106. The van der Waals surface area contributed by atoms with Gasteiger partial charge in [-0.25, -0.2) is 14.4 Å². The number of likely N-dealkylation sites (tertiary alicyclic amines) is 2. The van der Waals surface area contributed by atoms with Gasteiger partial charge in [0.1, 0.15) is 29.0 Å². The molecule has 0 spiro atoms. The predicted molar refractivity (Wildman–Crippen MR) is 233 cm³/mol. The summed E-state index contributed by atoms with van der Waals surface area (Å²) in [5.74, 6) is 2.89. The molecule has 0 bridgehead atoms. The van der Waals surface area contributed by atoms with Crippen LogP contribution in [0, 0.1) is 12.7 Å². The van der Waals surface area contributed by atoms with Crippen molar-refractivity contribution in [3.05, 3.63) is 124 Å². The number of hydrogen-bond acceptors (Lipinski definition) is 9. The standard InChI is InChI=1S/C46H50Cl2FN7O2/c1-4-57-43-26-32(6-11-39(43)47)29-53-22-17-36(18-23-53)55(45-14-8-34-28-35(49)9-13-41(34)51-45)56(46-15-10-38-31(3)50-21-16-42(38)52-46)37-19-24-54(25-20-37)30-33-7-12-40(48)44(27-33)58-5-2/h6-16,21,26-28,36-37H,4-5,17-20,22-25,29-30H2,1-3H3. The van der Waals surface area contributed by atoms with E-state index in [1.807, 2.05) is 57.3 Å². The summed E-state index contributed by atoms with van der Waals surface area (Å²) in [6, 6.07) is 27.6. The molecular weight excluding hydrogens is 772 g/mol. The van der Waals surface area contributed by atoms with Crippen LogP contribution in [0.15, 0.2) is 91.1 Å². The van der Waals surface area contributed by atoms with Crippen molar-refractivity contribution in [2.75, 3.05) is 49.4 Å². The highest BCUT2D eigenvalue weighted by molar-refractivity contribution is 6.32. The number of aromatic nitrogens is 3. The van der Waals surface area contributed by atoms with Crippen LogP contribution >= 0.6 is 23.2 Å². The number of piperidine rings is 2. The van der Waals surface area contributed by atoms with E-state index < -0.39 is 0 Å². The van der Waals surface area contributed by atoms with Crippen molar-refractivity contribution < 1.29 is 13.9 Å². The predicted octanol–water partition coefficient (Wildman–Crippen LogP) is 10.3. The summed E-state index contributed by atoms with van der Waals surface area (Å²) < 4.78 is 26.0. The summed E-state index contributed by atoms with van der Waals surface area (Å²) in [5.41, 5.74) is 4.98. The third-order valence-corrected chi connectivity index (χ3v) is 12.0. The average molecular weight is 823 g/mol. The summed E-state index contributed by atoms with van der Waals surface area (Å²) in [7, 11) is 0. The van der Waals surface area contributed by atoms with Gasteiger partial charge in [0.2, 0.25) is 0 Å². The third kappa shape index (κ3) is 8.95. The molecule has 0 atom stereocenters. The molecular formula is C46H50Cl2FN7O2. The molecule has 9 nitrogen and oxygen atoms in total. The number of pyridine rings is 3. The topological polar surface area (TPSA) is 70.1 Å². The van der Waals surface area contributed by atoms with Crippen molar-refractivity contribution in [3.63, 3.8) is 0 Å². The highest BCUT2D eigenvalue weighted by Crippen LogP contribution is 2.35. The van der Waals surface area contributed by atoms with E-state index in [1.54, 1.807) is 12.1 Å². The number of aryl methyl sites for hydroxylation is 1. The number of hydrogen-bond donors (Lipinski definition) is 0. The number of rotatable bonds is 13. The van der Waals surface area contributed by atoms with Crippen molar-refractivity contribution in [2.45, 2.75) is 71.6 Å². The number of benzene rings is 3. The van der Waals surface area contributed by atoms with E-state index in [4.69, 9.17) is 42.6 Å². The first-order valence-corrected chi connectivity index (χ1v) is 21.2. The van der Waals surface area contributed by atoms with Crippen molar-refractivity contribution in [3.8, 4) is 11.5 Å². The molecule has 2 fully saturated rings. The van der Waals surface area contributed by atoms with Gasteiger partial charge in [0, 0.05) is 61.9 Å². The lowest BCUT2D eigenvalue weighted by Gasteiger charge is -2.49. The number of nitrogens with zero attached hydrogens (tertiary/aromatic N) is 7. The van der Waals surface area contributed by atoms with Gasteiger partial charge < -0.3 is 9.47 Å². The Balaban J connectivity index is 1.12. The van der Waals surface area contributed by atoms with Crippen LogP contribution in [0.4, 0.5) is 16.0 Å². The fraction of sp³-hybridized carbons (Fsp3) is 0.370. The van der Waals surface area contributed by atoms with Gasteiger partial charge in [-0.3, -0.25) is 24.8 Å². The first-order valence-electron chi connectivity index (χ1n) is 20.4. The normalized spacial score (nSPS) is 15.9. The van der Waals surface area contributed by atoms with Gasteiger partial charge in [-0.05, 0) is 130 Å². The molecule has 5 heterocycles. The van der Waals surface area contributed by atoms with E-state index >= 15 is 0 Å². The average Bonchev–Trinajstić information content (AvgIpc) is 3.23. The maximum absolute atomic E-state index is 14.4. The maximum atomic E-state index is 14.4. The van der Waals surface area contributed by atoms with Gasteiger partial charge in [0.15, 0.2) is 0 Å².